The molecule has 1 aliphatic heterocycles. The lowest BCUT2D eigenvalue weighted by atomic mass is 9.69. The third kappa shape index (κ3) is 4.44. The molecule has 0 aliphatic carbocycles. The standard InChI is InChI=1S/C22H28ClN3O4/c1-14(2)16-6-4-5-7-17(16)22(12-26(13-22)10-15(28)11-27)21(29)25-18-9-24-20(23)8-19(18)30-3/h4-9,14-15,27-28H,10-13H2,1-3H3,(H,25,29). The number of hydrogen-bond acceptors (Lipinski definition) is 6. The number of carbonyl (C=O) groups is 1. The molecule has 162 valence electrons. The highest BCUT2D eigenvalue weighted by atomic mass is 35.5. The first-order valence-electron chi connectivity index (χ1n) is 9.92. The summed E-state index contributed by atoms with van der Waals surface area (Å²) in [7, 11) is 1.51. The van der Waals surface area contributed by atoms with Crippen molar-refractivity contribution in [2.24, 2.45) is 0 Å². The number of nitrogens with zero attached hydrogens (tertiary/aromatic N) is 2. The van der Waals surface area contributed by atoms with Gasteiger partial charge in [0.25, 0.3) is 0 Å². The van der Waals surface area contributed by atoms with Gasteiger partial charge in [-0.05, 0) is 17.0 Å². The Bertz CT molecular complexity index is 900. The van der Waals surface area contributed by atoms with Crippen molar-refractivity contribution in [3.05, 3.63) is 52.8 Å². The van der Waals surface area contributed by atoms with Crippen LogP contribution in [0.1, 0.15) is 30.9 Å². The first-order valence-corrected chi connectivity index (χ1v) is 10.3. The molecule has 1 aromatic heterocycles. The lowest BCUT2D eigenvalue weighted by molar-refractivity contribution is -0.129. The number of anilines is 1. The van der Waals surface area contributed by atoms with Crippen molar-refractivity contribution in [2.45, 2.75) is 31.3 Å². The first-order chi connectivity index (χ1) is 14.3. The molecule has 1 aromatic carbocycles. The van der Waals surface area contributed by atoms with E-state index in [4.69, 9.17) is 21.4 Å². The van der Waals surface area contributed by atoms with E-state index in [2.05, 4.69) is 24.1 Å². The molecular formula is C22H28ClN3O4. The number of carbonyl (C=O) groups excluding carboxylic acids is 1. The summed E-state index contributed by atoms with van der Waals surface area (Å²) in [6.45, 7) is 5.06. The fraction of sp³-hybridized carbons (Fsp3) is 0.455. The highest BCUT2D eigenvalue weighted by Gasteiger charge is 2.51. The molecule has 7 nitrogen and oxygen atoms in total. The predicted octanol–water partition coefficient (Wildman–Crippen LogP) is 2.41. The first kappa shape index (κ1) is 22.5. The topological polar surface area (TPSA) is 94.9 Å². The largest absolute Gasteiger partial charge is 0.494 e. The van der Waals surface area contributed by atoms with Gasteiger partial charge < -0.3 is 20.3 Å². The van der Waals surface area contributed by atoms with Gasteiger partial charge in [-0.3, -0.25) is 9.69 Å². The zero-order valence-corrected chi connectivity index (χ0v) is 18.2. The molecule has 0 radical (unpaired) electrons. The molecule has 2 heterocycles. The number of rotatable bonds is 8. The number of halogens is 1. The Kier molecular flexibility index (Phi) is 6.98. The summed E-state index contributed by atoms with van der Waals surface area (Å²) in [5.41, 5.74) is 1.73. The SMILES string of the molecule is COc1cc(Cl)ncc1NC(=O)C1(c2ccccc2C(C)C)CN(CC(O)CO)C1. The van der Waals surface area contributed by atoms with Crippen molar-refractivity contribution in [3.8, 4) is 5.75 Å². The highest BCUT2D eigenvalue weighted by molar-refractivity contribution is 6.29. The van der Waals surface area contributed by atoms with Gasteiger partial charge >= 0.3 is 0 Å². The van der Waals surface area contributed by atoms with Crippen LogP contribution in [0.3, 0.4) is 0 Å². The molecule has 30 heavy (non-hydrogen) atoms. The number of likely N-dealkylation sites (tertiary alicyclic amines) is 1. The van der Waals surface area contributed by atoms with Gasteiger partial charge in [-0.1, -0.05) is 49.7 Å². The van der Waals surface area contributed by atoms with E-state index in [9.17, 15) is 9.90 Å². The molecule has 3 N–H and O–H groups in total. The summed E-state index contributed by atoms with van der Waals surface area (Å²) in [4.78, 5) is 19.6. The molecule has 0 spiro atoms. The second kappa shape index (κ2) is 9.31. The van der Waals surface area contributed by atoms with Gasteiger partial charge in [0.2, 0.25) is 5.91 Å². The van der Waals surface area contributed by atoms with E-state index < -0.39 is 11.5 Å². The fourth-order valence-corrected chi connectivity index (χ4v) is 4.14. The summed E-state index contributed by atoms with van der Waals surface area (Å²) >= 11 is 5.94. The van der Waals surface area contributed by atoms with Crippen molar-refractivity contribution in [1.82, 2.24) is 9.88 Å². The average Bonchev–Trinajstić information content (AvgIpc) is 2.71. The van der Waals surface area contributed by atoms with E-state index in [1.165, 1.54) is 13.3 Å². The molecule has 1 fully saturated rings. The van der Waals surface area contributed by atoms with Crippen LogP contribution >= 0.6 is 11.6 Å². The van der Waals surface area contributed by atoms with Gasteiger partial charge in [0.05, 0.1) is 31.4 Å². The molecule has 2 aromatic rings. The maximum atomic E-state index is 13.6. The van der Waals surface area contributed by atoms with Crippen molar-refractivity contribution >= 4 is 23.2 Å². The van der Waals surface area contributed by atoms with Crippen LogP contribution in [-0.4, -0.2) is 65.5 Å². The highest BCUT2D eigenvalue weighted by Crippen LogP contribution is 2.40. The van der Waals surface area contributed by atoms with Crippen molar-refractivity contribution in [2.75, 3.05) is 38.7 Å². The van der Waals surface area contributed by atoms with E-state index in [0.29, 0.717) is 31.1 Å². The van der Waals surface area contributed by atoms with Crippen LogP contribution in [0.15, 0.2) is 36.5 Å². The van der Waals surface area contributed by atoms with E-state index in [1.807, 2.05) is 29.2 Å². The second-order valence-electron chi connectivity index (χ2n) is 7.99. The van der Waals surface area contributed by atoms with Crippen LogP contribution in [0, 0.1) is 0 Å². The van der Waals surface area contributed by atoms with Gasteiger partial charge in [0, 0.05) is 25.7 Å². The third-order valence-corrected chi connectivity index (χ3v) is 5.71. The van der Waals surface area contributed by atoms with E-state index in [0.717, 1.165) is 11.1 Å². The number of aliphatic hydroxyl groups excluding tert-OH is 2. The minimum absolute atomic E-state index is 0.173. The number of nitrogens with one attached hydrogen (secondary N) is 1. The Morgan fingerprint density at radius 1 is 1.37 bits per heavy atom. The number of hydrogen-bond donors (Lipinski definition) is 3. The van der Waals surface area contributed by atoms with Crippen molar-refractivity contribution in [1.29, 1.82) is 0 Å². The Morgan fingerprint density at radius 3 is 2.70 bits per heavy atom. The number of aliphatic hydroxyl groups is 2. The summed E-state index contributed by atoms with van der Waals surface area (Å²) in [6.07, 6.45) is 0.638. The molecule has 0 saturated carbocycles. The molecule has 1 saturated heterocycles. The van der Waals surface area contributed by atoms with Crippen LogP contribution < -0.4 is 10.1 Å². The Balaban J connectivity index is 1.94. The fourth-order valence-electron chi connectivity index (χ4n) is 3.99. The molecule has 1 amide bonds. The number of aromatic nitrogens is 1. The molecule has 0 bridgehead atoms. The lowest BCUT2D eigenvalue weighted by Crippen LogP contribution is -2.66. The number of amides is 1. The van der Waals surface area contributed by atoms with Crippen LogP contribution in [0.5, 0.6) is 5.75 Å². The van der Waals surface area contributed by atoms with E-state index >= 15 is 0 Å². The summed E-state index contributed by atoms with van der Waals surface area (Å²) in [5.74, 6) is 0.505. The smallest absolute Gasteiger partial charge is 0.237 e. The van der Waals surface area contributed by atoms with Gasteiger partial charge in [0.15, 0.2) is 0 Å². The quantitative estimate of drug-likeness (QED) is 0.553. The molecule has 8 heteroatoms. The molecule has 1 aliphatic rings. The van der Waals surface area contributed by atoms with Crippen LogP contribution in [-0.2, 0) is 10.2 Å². The Hall–Kier alpha value is -2.19. The molecule has 1 atom stereocenters. The van der Waals surface area contributed by atoms with Gasteiger partial charge in [-0.2, -0.15) is 0 Å². The maximum Gasteiger partial charge on any atom is 0.237 e. The van der Waals surface area contributed by atoms with Gasteiger partial charge in [0.1, 0.15) is 16.6 Å². The van der Waals surface area contributed by atoms with E-state index in [1.54, 1.807) is 6.07 Å². The minimum atomic E-state index is -0.841. The van der Waals surface area contributed by atoms with Crippen LogP contribution in [0.2, 0.25) is 5.15 Å². The Labute approximate surface area is 181 Å². The number of β-amino-alcohol motifs (C(OH)–C–C–N with tert-alkyl or cyclic N) is 1. The lowest BCUT2D eigenvalue weighted by Gasteiger charge is -2.50. The Morgan fingerprint density at radius 2 is 2.07 bits per heavy atom. The van der Waals surface area contributed by atoms with Crippen molar-refractivity contribution < 1.29 is 19.7 Å². The van der Waals surface area contributed by atoms with Crippen LogP contribution in [0.4, 0.5) is 5.69 Å². The van der Waals surface area contributed by atoms with E-state index in [-0.39, 0.29) is 23.6 Å². The number of benzene rings is 1. The third-order valence-electron chi connectivity index (χ3n) is 5.50. The zero-order chi connectivity index (χ0) is 21.9. The van der Waals surface area contributed by atoms with Crippen molar-refractivity contribution in [3.63, 3.8) is 0 Å². The molecule has 1 unspecified atom stereocenters. The summed E-state index contributed by atoms with van der Waals surface area (Å²) < 4.78 is 5.34. The number of methoxy groups -OCH3 is 1. The number of pyridine rings is 1. The molecular weight excluding hydrogens is 406 g/mol. The maximum absolute atomic E-state index is 13.6. The van der Waals surface area contributed by atoms with Gasteiger partial charge in [-0.25, -0.2) is 4.98 Å². The predicted molar refractivity (Wildman–Crippen MR) is 116 cm³/mol. The minimum Gasteiger partial charge on any atom is -0.494 e. The normalized spacial score (nSPS) is 16.8. The van der Waals surface area contributed by atoms with Crippen LogP contribution in [0.25, 0.3) is 0 Å². The monoisotopic (exact) mass is 433 g/mol. The molecule has 3 rings (SSSR count). The summed E-state index contributed by atoms with van der Waals surface area (Å²) in [5, 5.41) is 22.2. The zero-order valence-electron chi connectivity index (χ0n) is 17.4. The second-order valence-corrected chi connectivity index (χ2v) is 8.38. The average molecular weight is 434 g/mol. The number of ether oxygens (including phenoxy) is 1. The summed E-state index contributed by atoms with van der Waals surface area (Å²) in [6, 6.07) is 9.50. The van der Waals surface area contributed by atoms with Gasteiger partial charge in [-0.15, -0.1) is 0 Å².